The second kappa shape index (κ2) is 9.34. The lowest BCUT2D eigenvalue weighted by Gasteiger charge is -2.14. The van der Waals surface area contributed by atoms with Gasteiger partial charge in [0.25, 0.3) is 0 Å². The lowest BCUT2D eigenvalue weighted by molar-refractivity contribution is 0.192. The number of methoxy groups -OCH3 is 1. The summed E-state index contributed by atoms with van der Waals surface area (Å²) in [7, 11) is 1.73. The van der Waals surface area contributed by atoms with Gasteiger partial charge in [0.1, 0.15) is 0 Å². The molecule has 0 heterocycles. The van der Waals surface area contributed by atoms with Crippen molar-refractivity contribution in [3.63, 3.8) is 0 Å². The van der Waals surface area contributed by atoms with Crippen LogP contribution < -0.4 is 16.4 Å². The molecule has 0 saturated heterocycles. The molecule has 0 aliphatic carbocycles. The van der Waals surface area contributed by atoms with Gasteiger partial charge < -0.3 is 21.1 Å². The highest BCUT2D eigenvalue weighted by molar-refractivity contribution is 5.87. The van der Waals surface area contributed by atoms with Gasteiger partial charge >= 0.3 is 6.03 Å². The normalized spacial score (nSPS) is 12.1. The smallest absolute Gasteiger partial charge is 0.316 e. The average molecular weight is 279 g/mol. The molecule has 1 aromatic carbocycles. The molecule has 4 N–H and O–H groups in total. The third-order valence-electron chi connectivity index (χ3n) is 3.15. The van der Waals surface area contributed by atoms with Crippen molar-refractivity contribution in [3.05, 3.63) is 29.8 Å². The van der Waals surface area contributed by atoms with Crippen molar-refractivity contribution in [3.8, 4) is 0 Å². The van der Waals surface area contributed by atoms with Gasteiger partial charge in [0.2, 0.25) is 0 Å². The van der Waals surface area contributed by atoms with E-state index in [0.29, 0.717) is 11.7 Å². The molecule has 1 unspecified atom stereocenters. The molecule has 112 valence electrons. The van der Waals surface area contributed by atoms with Crippen LogP contribution in [0.2, 0.25) is 0 Å². The van der Waals surface area contributed by atoms with Crippen molar-refractivity contribution in [1.82, 2.24) is 5.32 Å². The zero-order valence-corrected chi connectivity index (χ0v) is 12.3. The van der Waals surface area contributed by atoms with Crippen LogP contribution in [0.4, 0.5) is 10.5 Å². The number of hydrogen-bond donors (Lipinski definition) is 3. The minimum Gasteiger partial charge on any atom is -0.385 e. The van der Waals surface area contributed by atoms with Gasteiger partial charge in [-0.15, -0.1) is 0 Å². The summed E-state index contributed by atoms with van der Waals surface area (Å²) in [6.45, 7) is 3.96. The third kappa shape index (κ3) is 6.54. The number of urea groups is 1. The summed E-state index contributed by atoms with van der Waals surface area (Å²) in [5, 5.41) is 6.03. The van der Waals surface area contributed by atoms with Gasteiger partial charge in [0.15, 0.2) is 0 Å². The Morgan fingerprint density at radius 3 is 2.55 bits per heavy atom. The molecule has 0 aliphatic heterocycles. The van der Waals surface area contributed by atoms with E-state index in [1.165, 1.54) is 12.0 Å². The topological polar surface area (TPSA) is 76.4 Å². The van der Waals surface area contributed by atoms with Gasteiger partial charge in [-0.2, -0.15) is 0 Å². The number of hydrogen-bond acceptors (Lipinski definition) is 3. The maximum atomic E-state index is 10.7. The molecule has 0 spiro atoms. The first-order valence-electron chi connectivity index (χ1n) is 7.02. The first kappa shape index (κ1) is 16.5. The van der Waals surface area contributed by atoms with E-state index in [9.17, 15) is 4.79 Å². The van der Waals surface area contributed by atoms with Crippen LogP contribution in [0.3, 0.4) is 0 Å². The standard InChI is InChI=1S/C15H25N3O2/c1-12(17-10-4-3-5-11-20-2)13-6-8-14(9-7-13)18-15(16)19/h6-9,12,17H,3-5,10-11H2,1-2H3,(H3,16,18,19). The summed E-state index contributed by atoms with van der Waals surface area (Å²) < 4.78 is 5.02. The first-order valence-corrected chi connectivity index (χ1v) is 7.02. The van der Waals surface area contributed by atoms with E-state index < -0.39 is 6.03 Å². The van der Waals surface area contributed by atoms with Crippen LogP contribution in [0.15, 0.2) is 24.3 Å². The number of rotatable bonds is 9. The summed E-state index contributed by atoms with van der Waals surface area (Å²) in [4.78, 5) is 10.7. The largest absolute Gasteiger partial charge is 0.385 e. The van der Waals surface area contributed by atoms with Gasteiger partial charge in [-0.25, -0.2) is 4.79 Å². The number of amides is 2. The van der Waals surface area contributed by atoms with Crippen LogP contribution >= 0.6 is 0 Å². The predicted molar refractivity (Wildman–Crippen MR) is 81.8 cm³/mol. The van der Waals surface area contributed by atoms with Crippen molar-refractivity contribution in [1.29, 1.82) is 0 Å². The molecule has 0 bridgehead atoms. The number of ether oxygens (including phenoxy) is 1. The molecule has 1 aromatic rings. The molecular formula is C15H25N3O2. The lowest BCUT2D eigenvalue weighted by Crippen LogP contribution is -2.20. The zero-order chi connectivity index (χ0) is 14.8. The Balaban J connectivity index is 2.28. The molecule has 0 aromatic heterocycles. The molecule has 5 nitrogen and oxygen atoms in total. The van der Waals surface area contributed by atoms with Crippen molar-refractivity contribution < 1.29 is 9.53 Å². The minimum atomic E-state index is -0.542. The van der Waals surface area contributed by atoms with Gasteiger partial charge in [-0.05, 0) is 50.4 Å². The zero-order valence-electron chi connectivity index (χ0n) is 12.3. The van der Waals surface area contributed by atoms with E-state index in [1.807, 2.05) is 24.3 Å². The number of carbonyl (C=O) groups is 1. The number of nitrogens with two attached hydrogens (primary N) is 1. The molecule has 0 aliphatic rings. The summed E-state index contributed by atoms with van der Waals surface area (Å²) >= 11 is 0. The highest BCUT2D eigenvalue weighted by Gasteiger charge is 2.04. The SMILES string of the molecule is COCCCCCNC(C)c1ccc(NC(N)=O)cc1. The number of carbonyl (C=O) groups excluding carboxylic acids is 1. The summed E-state index contributed by atoms with van der Waals surface area (Å²) in [5.41, 5.74) is 6.97. The van der Waals surface area contributed by atoms with E-state index in [-0.39, 0.29) is 0 Å². The van der Waals surface area contributed by atoms with Crippen LogP contribution in [-0.4, -0.2) is 26.3 Å². The number of primary amides is 1. The van der Waals surface area contributed by atoms with E-state index in [2.05, 4.69) is 17.6 Å². The summed E-state index contributed by atoms with van der Waals surface area (Å²) in [6.07, 6.45) is 3.43. The second-order valence-corrected chi connectivity index (χ2v) is 4.84. The van der Waals surface area contributed by atoms with E-state index in [1.54, 1.807) is 7.11 Å². The van der Waals surface area contributed by atoms with Crippen molar-refractivity contribution in [2.45, 2.75) is 32.2 Å². The van der Waals surface area contributed by atoms with Crippen LogP contribution in [0, 0.1) is 0 Å². The quantitative estimate of drug-likeness (QED) is 0.608. The maximum absolute atomic E-state index is 10.7. The number of unbranched alkanes of at least 4 members (excludes halogenated alkanes) is 2. The van der Waals surface area contributed by atoms with Gasteiger partial charge in [-0.1, -0.05) is 12.1 Å². The number of anilines is 1. The van der Waals surface area contributed by atoms with Crippen molar-refractivity contribution >= 4 is 11.7 Å². The fourth-order valence-electron chi connectivity index (χ4n) is 1.98. The van der Waals surface area contributed by atoms with Crippen molar-refractivity contribution in [2.75, 3.05) is 25.6 Å². The van der Waals surface area contributed by atoms with Crippen LogP contribution in [0.25, 0.3) is 0 Å². The number of benzene rings is 1. The maximum Gasteiger partial charge on any atom is 0.316 e. The first-order chi connectivity index (χ1) is 9.63. The Labute approximate surface area is 120 Å². The summed E-state index contributed by atoms with van der Waals surface area (Å²) in [5.74, 6) is 0. The Morgan fingerprint density at radius 1 is 1.25 bits per heavy atom. The Bertz CT molecular complexity index is 393. The van der Waals surface area contributed by atoms with Gasteiger partial charge in [-0.3, -0.25) is 0 Å². The summed E-state index contributed by atoms with van der Waals surface area (Å²) in [6, 6.07) is 7.45. The van der Waals surface area contributed by atoms with Crippen LogP contribution in [-0.2, 0) is 4.74 Å². The fraction of sp³-hybridized carbons (Fsp3) is 0.533. The molecule has 0 fully saturated rings. The molecule has 5 heteroatoms. The molecular weight excluding hydrogens is 254 g/mol. The van der Waals surface area contributed by atoms with Crippen molar-refractivity contribution in [2.24, 2.45) is 5.73 Å². The molecule has 0 saturated carbocycles. The fourth-order valence-corrected chi connectivity index (χ4v) is 1.98. The predicted octanol–water partition coefficient (Wildman–Crippen LogP) is 2.64. The van der Waals surface area contributed by atoms with Gasteiger partial charge in [0, 0.05) is 25.4 Å². The van der Waals surface area contributed by atoms with Crippen LogP contribution in [0.5, 0.6) is 0 Å². The van der Waals surface area contributed by atoms with Crippen LogP contribution in [0.1, 0.15) is 37.8 Å². The monoisotopic (exact) mass is 279 g/mol. The molecule has 20 heavy (non-hydrogen) atoms. The molecule has 0 radical (unpaired) electrons. The Morgan fingerprint density at radius 2 is 1.95 bits per heavy atom. The highest BCUT2D eigenvalue weighted by Crippen LogP contribution is 2.16. The molecule has 1 atom stereocenters. The number of nitrogens with one attached hydrogen (secondary N) is 2. The minimum absolute atomic E-state index is 0.292. The van der Waals surface area contributed by atoms with Gasteiger partial charge in [0.05, 0.1) is 0 Å². The van der Waals surface area contributed by atoms with E-state index in [0.717, 1.165) is 26.0 Å². The van der Waals surface area contributed by atoms with E-state index >= 15 is 0 Å². The Hall–Kier alpha value is -1.59. The van der Waals surface area contributed by atoms with E-state index in [4.69, 9.17) is 10.5 Å². The molecule has 1 rings (SSSR count). The highest BCUT2D eigenvalue weighted by atomic mass is 16.5. The Kier molecular flexibility index (Phi) is 7.69. The molecule has 2 amide bonds. The average Bonchev–Trinajstić information content (AvgIpc) is 2.42. The lowest BCUT2D eigenvalue weighted by atomic mass is 10.1. The third-order valence-corrected chi connectivity index (χ3v) is 3.15. The second-order valence-electron chi connectivity index (χ2n) is 4.84.